The highest BCUT2D eigenvalue weighted by Crippen LogP contribution is 2.27. The van der Waals surface area contributed by atoms with E-state index in [-0.39, 0.29) is 9.79 Å². The lowest BCUT2D eigenvalue weighted by Gasteiger charge is -2.23. The number of benzene rings is 1. The summed E-state index contributed by atoms with van der Waals surface area (Å²) in [6, 6.07) is 2.66. The highest BCUT2D eigenvalue weighted by Gasteiger charge is 2.30. The van der Waals surface area contributed by atoms with Crippen LogP contribution in [0.4, 0.5) is 4.39 Å². The number of carbonyl (C=O) groups is 1. The maximum absolute atomic E-state index is 13.4. The quantitative estimate of drug-likeness (QED) is 0.834. The van der Waals surface area contributed by atoms with Gasteiger partial charge in [-0.1, -0.05) is 11.6 Å². The third-order valence-corrected chi connectivity index (χ3v) is 3.46. The molecule has 0 fully saturated rings. The number of H-pyrrole nitrogens is 1. The van der Waals surface area contributed by atoms with Crippen LogP contribution in [0, 0.1) is 10.6 Å². The molecule has 0 bridgehead atoms. The van der Waals surface area contributed by atoms with Gasteiger partial charge in [0.2, 0.25) is 5.91 Å². The third kappa shape index (κ3) is 1.81. The van der Waals surface area contributed by atoms with Crippen molar-refractivity contribution in [3.8, 4) is 0 Å². The van der Waals surface area contributed by atoms with Crippen molar-refractivity contribution >= 4 is 40.8 Å². The van der Waals surface area contributed by atoms with E-state index >= 15 is 0 Å². The van der Waals surface area contributed by atoms with Gasteiger partial charge in [-0.15, -0.1) is 0 Å². The number of halogens is 2. The molecule has 3 N–H and O–H groups in total. The van der Waals surface area contributed by atoms with Gasteiger partial charge in [-0.3, -0.25) is 4.79 Å². The van der Waals surface area contributed by atoms with E-state index in [9.17, 15) is 9.18 Å². The smallest absolute Gasteiger partial charge is 0.243 e. The summed E-state index contributed by atoms with van der Waals surface area (Å²) in [6.45, 7) is 3.27. The lowest BCUT2D eigenvalue weighted by atomic mass is 10.0. The van der Waals surface area contributed by atoms with Crippen LogP contribution in [-0.2, 0) is 10.3 Å². The van der Waals surface area contributed by atoms with Crippen molar-refractivity contribution in [2.45, 2.75) is 19.4 Å². The second kappa shape index (κ2) is 4.07. The summed E-state index contributed by atoms with van der Waals surface area (Å²) in [4.78, 5) is 14.3. The number of nitrogens with one attached hydrogen (secondary N) is 1. The van der Waals surface area contributed by atoms with Gasteiger partial charge in [-0.05, 0) is 32.1 Å². The maximum atomic E-state index is 13.4. The van der Waals surface area contributed by atoms with E-state index < -0.39 is 17.3 Å². The van der Waals surface area contributed by atoms with Crippen LogP contribution >= 0.6 is 23.8 Å². The van der Waals surface area contributed by atoms with Crippen molar-refractivity contribution in [1.82, 2.24) is 9.55 Å². The highest BCUT2D eigenvalue weighted by atomic mass is 35.5. The topological polar surface area (TPSA) is 63.8 Å². The third-order valence-electron chi connectivity index (χ3n) is 2.89. The van der Waals surface area contributed by atoms with Gasteiger partial charge in [0, 0.05) is 6.07 Å². The van der Waals surface area contributed by atoms with Crippen LogP contribution in [0.5, 0.6) is 0 Å². The Morgan fingerprint density at radius 3 is 2.72 bits per heavy atom. The number of aromatic nitrogens is 2. The van der Waals surface area contributed by atoms with Crippen LogP contribution < -0.4 is 5.73 Å². The van der Waals surface area contributed by atoms with E-state index in [0.29, 0.717) is 11.0 Å². The molecule has 0 aliphatic carbocycles. The molecule has 4 nitrogen and oxygen atoms in total. The molecular formula is C11H11ClFN3OS. The Hall–Kier alpha value is -1.40. The molecule has 0 aliphatic heterocycles. The highest BCUT2D eigenvalue weighted by molar-refractivity contribution is 7.71. The van der Waals surface area contributed by atoms with E-state index in [0.717, 1.165) is 0 Å². The molecule has 0 atom stereocenters. The number of fused-ring (bicyclic) bond motifs is 1. The fourth-order valence-electron chi connectivity index (χ4n) is 1.77. The molecule has 1 amide bonds. The number of aromatic amines is 1. The van der Waals surface area contributed by atoms with Gasteiger partial charge in [-0.2, -0.15) is 0 Å². The Morgan fingerprint density at radius 1 is 1.56 bits per heavy atom. The Labute approximate surface area is 113 Å². The number of carbonyl (C=O) groups excluding carboxylic acids is 1. The van der Waals surface area contributed by atoms with E-state index in [2.05, 4.69) is 4.98 Å². The molecule has 2 aromatic rings. The average molecular weight is 288 g/mol. The van der Waals surface area contributed by atoms with E-state index in [1.807, 2.05) is 0 Å². The number of hydrogen-bond acceptors (Lipinski definition) is 2. The van der Waals surface area contributed by atoms with Gasteiger partial charge in [0.05, 0.1) is 16.1 Å². The molecule has 2 rings (SSSR count). The van der Waals surface area contributed by atoms with Crippen LogP contribution in [0.1, 0.15) is 13.8 Å². The fourth-order valence-corrected chi connectivity index (χ4v) is 2.36. The van der Waals surface area contributed by atoms with Crippen molar-refractivity contribution in [3.05, 3.63) is 27.7 Å². The number of imidazole rings is 1. The van der Waals surface area contributed by atoms with Gasteiger partial charge in [0.1, 0.15) is 11.4 Å². The molecule has 7 heteroatoms. The van der Waals surface area contributed by atoms with E-state index in [4.69, 9.17) is 29.6 Å². The number of amides is 1. The predicted octanol–water partition coefficient (Wildman–Crippen LogP) is 2.71. The van der Waals surface area contributed by atoms with Crippen LogP contribution in [0.2, 0.25) is 5.02 Å². The van der Waals surface area contributed by atoms with Crippen molar-refractivity contribution in [2.24, 2.45) is 5.73 Å². The Morgan fingerprint density at radius 2 is 2.17 bits per heavy atom. The normalized spacial score (nSPS) is 12.0. The zero-order valence-electron chi connectivity index (χ0n) is 9.75. The number of hydrogen-bond donors (Lipinski definition) is 2. The average Bonchev–Trinajstić information content (AvgIpc) is 2.54. The molecular weight excluding hydrogens is 277 g/mol. The summed E-state index contributed by atoms with van der Waals surface area (Å²) in [7, 11) is 0. The Kier molecular flexibility index (Phi) is 2.95. The summed E-state index contributed by atoms with van der Waals surface area (Å²) in [6.07, 6.45) is 0. The number of primary amides is 1. The summed E-state index contributed by atoms with van der Waals surface area (Å²) < 4.78 is 15.2. The number of rotatable bonds is 2. The summed E-state index contributed by atoms with van der Waals surface area (Å²) in [5.74, 6) is -1.09. The lowest BCUT2D eigenvalue weighted by molar-refractivity contribution is -0.124. The minimum Gasteiger partial charge on any atom is -0.368 e. The summed E-state index contributed by atoms with van der Waals surface area (Å²) in [5.41, 5.74) is 5.34. The molecule has 0 saturated carbocycles. The molecule has 0 radical (unpaired) electrons. The minimum atomic E-state index is -1.03. The largest absolute Gasteiger partial charge is 0.368 e. The van der Waals surface area contributed by atoms with Crippen molar-refractivity contribution in [3.63, 3.8) is 0 Å². The molecule has 1 aromatic heterocycles. The van der Waals surface area contributed by atoms with E-state index in [1.54, 1.807) is 13.8 Å². The summed E-state index contributed by atoms with van der Waals surface area (Å²) in [5, 5.41) is -0.0366. The second-order valence-electron chi connectivity index (χ2n) is 4.47. The minimum absolute atomic E-state index is 0.0366. The van der Waals surface area contributed by atoms with Crippen LogP contribution in [0.25, 0.3) is 11.0 Å². The number of nitrogens with zero attached hydrogens (tertiary/aromatic N) is 1. The summed E-state index contributed by atoms with van der Waals surface area (Å²) >= 11 is 10.9. The Bertz CT molecular complexity index is 704. The molecule has 0 saturated heterocycles. The number of nitrogens with two attached hydrogens (primary N) is 1. The zero-order chi connectivity index (χ0) is 13.7. The van der Waals surface area contributed by atoms with Crippen molar-refractivity contribution in [2.75, 3.05) is 0 Å². The molecule has 0 aliphatic rings. The molecule has 1 aromatic carbocycles. The first-order valence-electron chi connectivity index (χ1n) is 5.15. The first-order valence-corrected chi connectivity index (χ1v) is 5.94. The maximum Gasteiger partial charge on any atom is 0.243 e. The van der Waals surface area contributed by atoms with Crippen LogP contribution in [0.15, 0.2) is 12.1 Å². The Balaban J connectivity index is 2.88. The lowest BCUT2D eigenvalue weighted by Crippen LogP contribution is -2.41. The molecule has 1 heterocycles. The first-order chi connectivity index (χ1) is 8.25. The monoisotopic (exact) mass is 287 g/mol. The van der Waals surface area contributed by atoms with Crippen molar-refractivity contribution < 1.29 is 9.18 Å². The predicted molar refractivity (Wildman–Crippen MR) is 70.6 cm³/mol. The van der Waals surface area contributed by atoms with Crippen molar-refractivity contribution in [1.29, 1.82) is 0 Å². The van der Waals surface area contributed by atoms with Crippen LogP contribution in [-0.4, -0.2) is 15.5 Å². The molecule has 0 unspecified atom stereocenters. The van der Waals surface area contributed by atoms with E-state index in [1.165, 1.54) is 16.7 Å². The second-order valence-corrected chi connectivity index (χ2v) is 5.27. The van der Waals surface area contributed by atoms with Gasteiger partial charge in [-0.25, -0.2) is 4.39 Å². The molecule has 96 valence electrons. The van der Waals surface area contributed by atoms with Gasteiger partial charge < -0.3 is 15.3 Å². The van der Waals surface area contributed by atoms with Crippen LogP contribution in [0.3, 0.4) is 0 Å². The fraction of sp³-hybridized carbons (Fsp3) is 0.273. The first kappa shape index (κ1) is 13.0. The van der Waals surface area contributed by atoms with Gasteiger partial charge in [0.25, 0.3) is 0 Å². The van der Waals surface area contributed by atoms with Gasteiger partial charge >= 0.3 is 0 Å². The zero-order valence-corrected chi connectivity index (χ0v) is 11.3. The molecule has 18 heavy (non-hydrogen) atoms. The molecule has 0 spiro atoms. The van der Waals surface area contributed by atoms with Gasteiger partial charge in [0.15, 0.2) is 4.77 Å². The SMILES string of the molecule is CC(C)(C(N)=O)n1c(=S)[nH]c2cc(F)c(Cl)cc21. The standard InChI is InChI=1S/C11H11ClFN3OS/c1-11(2,9(14)17)16-8-3-5(12)6(13)4-7(8)15-10(16)18/h3-4H,1-2H3,(H2,14,17)(H,15,18).